The SMILES string of the molecule is CCOc1ccc(/C=C(/NC(=O)c2ccccc2)C(=O)Nc2cccc(SC(C(=O)Nc3ccc(Cl)cc3Cl)c3ccccc3)c2)cc1. The Morgan fingerprint density at radius 3 is 2.19 bits per heavy atom. The van der Waals surface area contributed by atoms with Crippen LogP contribution in [0.3, 0.4) is 0 Å². The third-order valence-corrected chi connectivity index (χ3v) is 8.70. The Hall–Kier alpha value is -5.02. The van der Waals surface area contributed by atoms with Crippen LogP contribution in [0, 0.1) is 0 Å². The summed E-state index contributed by atoms with van der Waals surface area (Å²) in [4.78, 5) is 41.1. The van der Waals surface area contributed by atoms with Crippen LogP contribution in [0.2, 0.25) is 10.0 Å². The predicted octanol–water partition coefficient (Wildman–Crippen LogP) is 9.27. The maximum atomic E-state index is 13.7. The summed E-state index contributed by atoms with van der Waals surface area (Å²) in [6.07, 6.45) is 1.60. The van der Waals surface area contributed by atoms with E-state index in [0.29, 0.717) is 44.9 Å². The van der Waals surface area contributed by atoms with Crippen molar-refractivity contribution in [2.45, 2.75) is 17.1 Å². The van der Waals surface area contributed by atoms with E-state index in [1.54, 1.807) is 91.0 Å². The summed E-state index contributed by atoms with van der Waals surface area (Å²) in [6, 6.07) is 37.2. The Balaban J connectivity index is 1.38. The maximum Gasteiger partial charge on any atom is 0.272 e. The molecule has 0 saturated heterocycles. The molecule has 3 amide bonds. The van der Waals surface area contributed by atoms with Gasteiger partial charge in [0.15, 0.2) is 0 Å². The topological polar surface area (TPSA) is 96.5 Å². The fourth-order valence-corrected chi connectivity index (χ4v) is 6.15. The Morgan fingerprint density at radius 2 is 1.50 bits per heavy atom. The van der Waals surface area contributed by atoms with E-state index >= 15 is 0 Å². The van der Waals surface area contributed by atoms with Crippen molar-refractivity contribution >= 4 is 70.1 Å². The largest absolute Gasteiger partial charge is 0.494 e. The number of carbonyl (C=O) groups is 3. The molecule has 0 heterocycles. The van der Waals surface area contributed by atoms with E-state index in [2.05, 4.69) is 16.0 Å². The second kappa shape index (κ2) is 16.7. The molecule has 48 heavy (non-hydrogen) atoms. The minimum atomic E-state index is -0.649. The lowest BCUT2D eigenvalue weighted by atomic mass is 10.1. The third kappa shape index (κ3) is 9.51. The smallest absolute Gasteiger partial charge is 0.272 e. The van der Waals surface area contributed by atoms with Crippen molar-refractivity contribution in [1.82, 2.24) is 5.32 Å². The van der Waals surface area contributed by atoms with Crippen LogP contribution in [0.1, 0.15) is 33.7 Å². The Bertz CT molecular complexity index is 1920. The van der Waals surface area contributed by atoms with E-state index in [-0.39, 0.29) is 11.6 Å². The highest BCUT2D eigenvalue weighted by molar-refractivity contribution is 8.00. The summed E-state index contributed by atoms with van der Waals surface area (Å²) in [6.45, 7) is 2.43. The fraction of sp³-hybridized carbons (Fsp3) is 0.0789. The van der Waals surface area contributed by atoms with Crippen molar-refractivity contribution in [3.63, 3.8) is 0 Å². The van der Waals surface area contributed by atoms with Crippen LogP contribution in [0.5, 0.6) is 5.75 Å². The van der Waals surface area contributed by atoms with Crippen LogP contribution >= 0.6 is 35.0 Å². The number of thioether (sulfide) groups is 1. The van der Waals surface area contributed by atoms with E-state index in [4.69, 9.17) is 27.9 Å². The molecule has 10 heteroatoms. The maximum absolute atomic E-state index is 13.7. The highest BCUT2D eigenvalue weighted by Crippen LogP contribution is 2.38. The van der Waals surface area contributed by atoms with Gasteiger partial charge in [-0.2, -0.15) is 0 Å². The van der Waals surface area contributed by atoms with Gasteiger partial charge in [0.05, 0.1) is 17.3 Å². The molecular weight excluding hydrogens is 665 g/mol. The number of hydrogen-bond acceptors (Lipinski definition) is 5. The number of anilines is 2. The molecule has 0 radical (unpaired) electrons. The number of nitrogens with one attached hydrogen (secondary N) is 3. The zero-order valence-electron chi connectivity index (χ0n) is 25.8. The van der Waals surface area contributed by atoms with Gasteiger partial charge in [-0.25, -0.2) is 0 Å². The summed E-state index contributed by atoms with van der Waals surface area (Å²) < 4.78 is 5.53. The van der Waals surface area contributed by atoms with E-state index < -0.39 is 17.1 Å². The first-order valence-electron chi connectivity index (χ1n) is 15.0. The molecule has 1 atom stereocenters. The molecule has 1 unspecified atom stereocenters. The average molecular weight is 697 g/mol. The van der Waals surface area contributed by atoms with Gasteiger partial charge in [0.2, 0.25) is 5.91 Å². The molecule has 0 spiro atoms. The van der Waals surface area contributed by atoms with Gasteiger partial charge in [-0.15, -0.1) is 11.8 Å². The van der Waals surface area contributed by atoms with Gasteiger partial charge >= 0.3 is 0 Å². The van der Waals surface area contributed by atoms with Crippen molar-refractivity contribution in [3.8, 4) is 5.75 Å². The predicted molar refractivity (Wildman–Crippen MR) is 195 cm³/mol. The number of benzene rings is 5. The van der Waals surface area contributed by atoms with Gasteiger partial charge in [0, 0.05) is 21.2 Å². The molecule has 0 aromatic heterocycles. The molecule has 0 aliphatic carbocycles. The third-order valence-electron chi connectivity index (χ3n) is 6.91. The van der Waals surface area contributed by atoms with Crippen molar-refractivity contribution in [2.24, 2.45) is 0 Å². The first-order chi connectivity index (χ1) is 23.3. The Kier molecular flexibility index (Phi) is 11.9. The number of ether oxygens (including phenoxy) is 1. The lowest BCUT2D eigenvalue weighted by molar-refractivity contribution is -0.116. The highest BCUT2D eigenvalue weighted by Gasteiger charge is 2.23. The summed E-state index contributed by atoms with van der Waals surface area (Å²) in [7, 11) is 0. The van der Waals surface area contributed by atoms with Gasteiger partial charge in [-0.1, -0.05) is 89.9 Å². The summed E-state index contributed by atoms with van der Waals surface area (Å²) in [5.41, 5.74) is 2.85. The first kappa shape index (κ1) is 34.3. The van der Waals surface area contributed by atoms with E-state index in [1.807, 2.05) is 49.4 Å². The number of amides is 3. The molecule has 3 N–H and O–H groups in total. The van der Waals surface area contributed by atoms with E-state index in [9.17, 15) is 14.4 Å². The van der Waals surface area contributed by atoms with E-state index in [1.165, 1.54) is 11.8 Å². The number of hydrogen-bond donors (Lipinski definition) is 3. The number of rotatable bonds is 12. The monoisotopic (exact) mass is 695 g/mol. The Morgan fingerprint density at radius 1 is 0.792 bits per heavy atom. The second-order valence-corrected chi connectivity index (χ2v) is 12.4. The molecule has 0 fully saturated rings. The molecule has 0 saturated carbocycles. The lowest BCUT2D eigenvalue weighted by Gasteiger charge is -2.18. The summed E-state index contributed by atoms with van der Waals surface area (Å²) in [5.74, 6) is -0.536. The van der Waals surface area contributed by atoms with Crippen molar-refractivity contribution in [2.75, 3.05) is 17.2 Å². The molecule has 242 valence electrons. The molecule has 5 rings (SSSR count). The molecule has 7 nitrogen and oxygen atoms in total. The second-order valence-electron chi connectivity index (χ2n) is 10.4. The van der Waals surface area contributed by atoms with E-state index in [0.717, 1.165) is 10.5 Å². The lowest BCUT2D eigenvalue weighted by Crippen LogP contribution is -2.30. The minimum absolute atomic E-state index is 0.0486. The molecule has 0 aliphatic heterocycles. The quantitative estimate of drug-likeness (QED) is 0.0893. The molecule has 0 aliphatic rings. The van der Waals surface area contributed by atoms with Crippen LogP contribution in [0.4, 0.5) is 11.4 Å². The van der Waals surface area contributed by atoms with Gasteiger partial charge in [0.25, 0.3) is 11.8 Å². The van der Waals surface area contributed by atoms with Gasteiger partial charge in [-0.3, -0.25) is 14.4 Å². The molecule has 0 bridgehead atoms. The molecule has 5 aromatic carbocycles. The zero-order valence-corrected chi connectivity index (χ0v) is 28.1. The number of halogens is 2. The van der Waals surface area contributed by atoms with Crippen LogP contribution in [-0.2, 0) is 9.59 Å². The summed E-state index contributed by atoms with van der Waals surface area (Å²) >= 11 is 13.7. The van der Waals surface area contributed by atoms with Crippen LogP contribution in [0.25, 0.3) is 6.08 Å². The van der Waals surface area contributed by atoms with Crippen LogP contribution in [0.15, 0.2) is 138 Å². The fourth-order valence-electron chi connectivity index (χ4n) is 4.61. The van der Waals surface area contributed by atoms with Crippen LogP contribution < -0.4 is 20.7 Å². The molecule has 5 aromatic rings. The normalized spacial score (nSPS) is 11.7. The van der Waals surface area contributed by atoms with Crippen molar-refractivity contribution in [1.29, 1.82) is 0 Å². The Labute approximate surface area is 293 Å². The zero-order chi connectivity index (χ0) is 33.9. The van der Waals surface area contributed by atoms with Crippen molar-refractivity contribution < 1.29 is 19.1 Å². The minimum Gasteiger partial charge on any atom is -0.494 e. The number of carbonyl (C=O) groups excluding carboxylic acids is 3. The van der Waals surface area contributed by atoms with Crippen molar-refractivity contribution in [3.05, 3.63) is 160 Å². The van der Waals surface area contributed by atoms with Gasteiger partial charge in [-0.05, 0) is 84.8 Å². The first-order valence-corrected chi connectivity index (χ1v) is 16.6. The highest BCUT2D eigenvalue weighted by atomic mass is 35.5. The van der Waals surface area contributed by atoms with Crippen LogP contribution in [-0.4, -0.2) is 24.3 Å². The average Bonchev–Trinajstić information content (AvgIpc) is 3.10. The molecular formula is C38H31Cl2N3O4S. The van der Waals surface area contributed by atoms with Gasteiger partial charge < -0.3 is 20.7 Å². The standard InChI is InChI=1S/C38H31Cl2N3O4S/c1-2-47-30-19-16-25(17-20-30)22-34(43-36(44)27-12-7-4-8-13-27)37(45)41-29-14-9-15-31(24-29)48-35(26-10-5-3-6-11-26)38(46)42-33-21-18-28(39)23-32(33)40/h3-24,35H,2H2,1H3,(H,41,45)(H,42,46)(H,43,44)/b34-22+. The van der Waals surface area contributed by atoms with Gasteiger partial charge in [0.1, 0.15) is 16.7 Å². The summed E-state index contributed by atoms with van der Waals surface area (Å²) in [5, 5.41) is 8.70.